The third kappa shape index (κ3) is 2.03. The molecule has 0 fully saturated rings. The van der Waals surface area contributed by atoms with Crippen molar-refractivity contribution in [3.8, 4) is 11.5 Å². The molecular weight excluding hydrogens is 208 g/mol. The average molecular weight is 222 g/mol. The smallest absolute Gasteiger partial charge is 0.188 e. The van der Waals surface area contributed by atoms with Crippen LogP contribution < -0.4 is 14.8 Å². The number of hydrogen-bond acceptors (Lipinski definition) is 5. The molecule has 0 unspecified atom stereocenters. The Morgan fingerprint density at radius 2 is 2.31 bits per heavy atom. The number of benzene rings is 1. The lowest BCUT2D eigenvalue weighted by Gasteiger charge is -2.10. The molecule has 1 heterocycles. The maximum Gasteiger partial charge on any atom is 0.188 e. The first-order valence-electron chi connectivity index (χ1n) is 5.10. The van der Waals surface area contributed by atoms with Crippen LogP contribution >= 0.6 is 0 Å². The predicted molar refractivity (Wildman–Crippen MR) is 59.8 cm³/mol. The molecule has 0 aromatic heterocycles. The van der Waals surface area contributed by atoms with Crippen LogP contribution in [0.2, 0.25) is 0 Å². The van der Waals surface area contributed by atoms with E-state index in [1.807, 2.05) is 25.1 Å². The molecule has 1 aromatic rings. The zero-order chi connectivity index (χ0) is 11.4. The molecule has 0 radical (unpaired) electrons. The summed E-state index contributed by atoms with van der Waals surface area (Å²) in [6.45, 7) is 2.95. The molecule has 0 amide bonds. The first-order valence-corrected chi connectivity index (χ1v) is 5.10. The molecule has 0 saturated heterocycles. The van der Waals surface area contributed by atoms with E-state index in [1.54, 1.807) is 7.11 Å². The average Bonchev–Trinajstić information content (AvgIpc) is 2.83. The number of nitrogens with zero attached hydrogens (tertiary/aromatic N) is 1. The van der Waals surface area contributed by atoms with Gasteiger partial charge < -0.3 is 19.6 Å². The van der Waals surface area contributed by atoms with Crippen molar-refractivity contribution in [2.24, 2.45) is 5.16 Å². The number of methoxy groups -OCH3 is 1. The molecule has 0 spiro atoms. The standard InChI is InChI=1S/C11H14N2O3/c1-3-15-9-5-4-8(6-10(9)14-2)11-12-7-16-13-11/h4-6H,3,7H2,1-2H3,(H,12,13). The third-order valence-corrected chi connectivity index (χ3v) is 2.20. The Kier molecular flexibility index (Phi) is 3.14. The molecule has 1 N–H and O–H groups in total. The van der Waals surface area contributed by atoms with Gasteiger partial charge in [-0.1, -0.05) is 5.16 Å². The van der Waals surface area contributed by atoms with Gasteiger partial charge in [0.1, 0.15) is 0 Å². The molecule has 5 nitrogen and oxygen atoms in total. The van der Waals surface area contributed by atoms with Crippen LogP contribution in [0.5, 0.6) is 11.5 Å². The van der Waals surface area contributed by atoms with Crippen molar-refractivity contribution >= 4 is 5.84 Å². The molecular formula is C11H14N2O3. The number of rotatable bonds is 4. The number of amidine groups is 1. The summed E-state index contributed by atoms with van der Waals surface area (Å²) in [5, 5.41) is 6.87. The number of oxime groups is 1. The van der Waals surface area contributed by atoms with Gasteiger partial charge >= 0.3 is 0 Å². The van der Waals surface area contributed by atoms with Crippen molar-refractivity contribution < 1.29 is 14.3 Å². The van der Waals surface area contributed by atoms with Gasteiger partial charge in [-0.15, -0.1) is 0 Å². The summed E-state index contributed by atoms with van der Waals surface area (Å²) in [4.78, 5) is 4.87. The van der Waals surface area contributed by atoms with Crippen LogP contribution in [0.3, 0.4) is 0 Å². The van der Waals surface area contributed by atoms with Gasteiger partial charge in [-0.3, -0.25) is 0 Å². The Hall–Kier alpha value is -1.91. The first-order chi connectivity index (χ1) is 7.85. The van der Waals surface area contributed by atoms with Gasteiger partial charge in [0.05, 0.1) is 13.7 Å². The second-order valence-electron chi connectivity index (χ2n) is 3.19. The minimum absolute atomic E-state index is 0.408. The first kappa shape index (κ1) is 10.6. The second kappa shape index (κ2) is 4.74. The van der Waals surface area contributed by atoms with Crippen LogP contribution in [0.25, 0.3) is 0 Å². The van der Waals surface area contributed by atoms with Gasteiger partial charge in [-0.05, 0) is 25.1 Å². The lowest BCUT2D eigenvalue weighted by Crippen LogP contribution is -2.19. The van der Waals surface area contributed by atoms with Crippen molar-refractivity contribution in [1.82, 2.24) is 5.32 Å². The number of nitrogens with one attached hydrogen (secondary N) is 1. The largest absolute Gasteiger partial charge is 0.493 e. The second-order valence-corrected chi connectivity index (χ2v) is 3.19. The van der Waals surface area contributed by atoms with Gasteiger partial charge in [0, 0.05) is 5.56 Å². The van der Waals surface area contributed by atoms with Crippen LogP contribution in [-0.4, -0.2) is 26.3 Å². The highest BCUT2D eigenvalue weighted by Gasteiger charge is 2.12. The van der Waals surface area contributed by atoms with Crippen LogP contribution in [0.4, 0.5) is 0 Å². The normalized spacial score (nSPS) is 13.8. The lowest BCUT2D eigenvalue weighted by molar-refractivity contribution is 0.164. The topological polar surface area (TPSA) is 52.1 Å². The van der Waals surface area contributed by atoms with Crippen LogP contribution in [-0.2, 0) is 4.84 Å². The van der Waals surface area contributed by atoms with Crippen LogP contribution in [0.15, 0.2) is 23.4 Å². The maximum absolute atomic E-state index is 5.43. The molecule has 86 valence electrons. The quantitative estimate of drug-likeness (QED) is 0.835. The van der Waals surface area contributed by atoms with E-state index in [0.717, 1.165) is 11.3 Å². The zero-order valence-electron chi connectivity index (χ0n) is 9.32. The van der Waals surface area contributed by atoms with E-state index in [4.69, 9.17) is 14.3 Å². The summed E-state index contributed by atoms with van der Waals surface area (Å²) >= 11 is 0. The molecule has 5 heteroatoms. The molecule has 0 saturated carbocycles. The summed E-state index contributed by atoms with van der Waals surface area (Å²) in [6, 6.07) is 5.64. The van der Waals surface area contributed by atoms with E-state index in [9.17, 15) is 0 Å². The Bertz CT molecular complexity index is 404. The van der Waals surface area contributed by atoms with E-state index in [-0.39, 0.29) is 0 Å². The molecule has 1 aliphatic rings. The minimum Gasteiger partial charge on any atom is -0.493 e. The summed E-state index contributed by atoms with van der Waals surface area (Å²) in [5.41, 5.74) is 0.915. The Morgan fingerprint density at radius 3 is 2.94 bits per heavy atom. The Morgan fingerprint density at radius 1 is 1.44 bits per heavy atom. The SMILES string of the molecule is CCOc1ccc(C2=NOCN2)cc1OC. The summed E-state index contributed by atoms with van der Waals surface area (Å²) in [5.74, 6) is 2.13. The number of hydrogen-bond donors (Lipinski definition) is 1. The molecule has 1 aromatic carbocycles. The fourth-order valence-corrected chi connectivity index (χ4v) is 1.47. The maximum atomic E-state index is 5.43. The molecule has 0 aliphatic carbocycles. The van der Waals surface area contributed by atoms with Gasteiger partial charge in [-0.25, -0.2) is 0 Å². The van der Waals surface area contributed by atoms with Crippen molar-refractivity contribution in [3.05, 3.63) is 23.8 Å². The van der Waals surface area contributed by atoms with Gasteiger partial charge in [-0.2, -0.15) is 0 Å². The van der Waals surface area contributed by atoms with Crippen molar-refractivity contribution in [2.45, 2.75) is 6.92 Å². The van der Waals surface area contributed by atoms with E-state index in [2.05, 4.69) is 10.5 Å². The van der Waals surface area contributed by atoms with Crippen LogP contribution in [0.1, 0.15) is 12.5 Å². The summed E-state index contributed by atoms with van der Waals surface area (Å²) in [6.07, 6.45) is 0. The van der Waals surface area contributed by atoms with Gasteiger partial charge in [0.25, 0.3) is 0 Å². The van der Waals surface area contributed by atoms with Gasteiger partial charge in [0.15, 0.2) is 24.1 Å². The fraction of sp³-hybridized carbons (Fsp3) is 0.364. The van der Waals surface area contributed by atoms with Crippen molar-refractivity contribution in [2.75, 3.05) is 20.4 Å². The molecule has 0 bridgehead atoms. The lowest BCUT2D eigenvalue weighted by atomic mass is 10.2. The fourth-order valence-electron chi connectivity index (χ4n) is 1.47. The monoisotopic (exact) mass is 222 g/mol. The number of ether oxygens (including phenoxy) is 2. The molecule has 1 aliphatic heterocycles. The predicted octanol–water partition coefficient (Wildman–Crippen LogP) is 1.33. The highest BCUT2D eigenvalue weighted by molar-refractivity contribution is 5.99. The zero-order valence-corrected chi connectivity index (χ0v) is 9.32. The van der Waals surface area contributed by atoms with E-state index in [0.29, 0.717) is 24.9 Å². The summed E-state index contributed by atoms with van der Waals surface area (Å²) < 4.78 is 10.7. The Labute approximate surface area is 94.0 Å². The summed E-state index contributed by atoms with van der Waals surface area (Å²) in [7, 11) is 1.61. The van der Waals surface area contributed by atoms with E-state index >= 15 is 0 Å². The molecule has 16 heavy (non-hydrogen) atoms. The Balaban J connectivity index is 2.28. The highest BCUT2D eigenvalue weighted by Crippen LogP contribution is 2.28. The third-order valence-electron chi connectivity index (χ3n) is 2.20. The highest BCUT2D eigenvalue weighted by atomic mass is 16.6. The van der Waals surface area contributed by atoms with E-state index < -0.39 is 0 Å². The minimum atomic E-state index is 0.408. The van der Waals surface area contributed by atoms with Crippen molar-refractivity contribution in [3.63, 3.8) is 0 Å². The molecule has 0 atom stereocenters. The van der Waals surface area contributed by atoms with Gasteiger partial charge in [0.2, 0.25) is 0 Å². The van der Waals surface area contributed by atoms with Crippen LogP contribution in [0, 0.1) is 0 Å². The van der Waals surface area contributed by atoms with E-state index in [1.165, 1.54) is 0 Å². The molecule has 2 rings (SSSR count). The van der Waals surface area contributed by atoms with Crippen molar-refractivity contribution in [1.29, 1.82) is 0 Å².